The van der Waals surface area contributed by atoms with E-state index >= 15 is 0 Å². The van der Waals surface area contributed by atoms with Crippen molar-refractivity contribution in [3.8, 4) is 11.4 Å². The Bertz CT molecular complexity index is 808. The van der Waals surface area contributed by atoms with Gasteiger partial charge in [-0.2, -0.15) is 0 Å². The Hall–Kier alpha value is -2.69. The molecule has 0 unspecified atom stereocenters. The highest BCUT2D eigenvalue weighted by molar-refractivity contribution is 5.89. The normalized spacial score (nSPS) is 10.9. The van der Waals surface area contributed by atoms with E-state index in [0.717, 1.165) is 35.4 Å². The van der Waals surface area contributed by atoms with Crippen LogP contribution in [0.3, 0.4) is 0 Å². The molecule has 5 nitrogen and oxygen atoms in total. The summed E-state index contributed by atoms with van der Waals surface area (Å²) in [5.41, 5.74) is 2.91. The van der Waals surface area contributed by atoms with E-state index in [4.69, 9.17) is 5.11 Å². The predicted molar refractivity (Wildman–Crippen MR) is 80.2 cm³/mol. The molecule has 0 amide bonds. The summed E-state index contributed by atoms with van der Waals surface area (Å²) in [6.07, 6.45) is 4.44. The van der Waals surface area contributed by atoms with Crippen molar-refractivity contribution in [3.05, 3.63) is 48.3 Å². The van der Waals surface area contributed by atoms with E-state index in [2.05, 4.69) is 21.5 Å². The average Bonchev–Trinajstić information content (AvgIpc) is 2.87. The van der Waals surface area contributed by atoms with Crippen molar-refractivity contribution in [3.63, 3.8) is 0 Å². The highest BCUT2D eigenvalue weighted by atomic mass is 16.4. The molecule has 0 radical (unpaired) electrons. The zero-order valence-electron chi connectivity index (χ0n) is 11.7. The molecule has 106 valence electrons. The lowest BCUT2D eigenvalue weighted by atomic mass is 10.1. The van der Waals surface area contributed by atoms with E-state index in [9.17, 15) is 4.79 Å². The Morgan fingerprint density at radius 3 is 2.95 bits per heavy atom. The number of carbonyl (C=O) groups is 1. The number of rotatable bonds is 4. The summed E-state index contributed by atoms with van der Waals surface area (Å²) < 4.78 is 2.11. The molecule has 0 aliphatic heterocycles. The van der Waals surface area contributed by atoms with Crippen molar-refractivity contribution in [2.45, 2.75) is 19.9 Å². The maximum Gasteiger partial charge on any atom is 0.335 e. The molecule has 0 saturated carbocycles. The number of hydrogen-bond acceptors (Lipinski definition) is 3. The number of aryl methyl sites for hydroxylation is 1. The van der Waals surface area contributed by atoms with Gasteiger partial charge in [-0.05, 0) is 24.6 Å². The minimum Gasteiger partial charge on any atom is -0.478 e. The van der Waals surface area contributed by atoms with Crippen molar-refractivity contribution in [1.29, 1.82) is 0 Å². The quantitative estimate of drug-likeness (QED) is 0.797. The molecule has 0 aliphatic rings. The minimum atomic E-state index is -0.934. The summed E-state index contributed by atoms with van der Waals surface area (Å²) in [5.74, 6) is -0.153. The van der Waals surface area contributed by atoms with Crippen LogP contribution in [0, 0.1) is 0 Å². The summed E-state index contributed by atoms with van der Waals surface area (Å²) in [6, 6.07) is 8.80. The van der Waals surface area contributed by atoms with Gasteiger partial charge in [-0.1, -0.05) is 19.1 Å². The predicted octanol–water partition coefficient (Wildman–Crippen LogP) is 3.21. The van der Waals surface area contributed by atoms with Crippen LogP contribution >= 0.6 is 0 Å². The number of aromatic nitrogens is 3. The van der Waals surface area contributed by atoms with Gasteiger partial charge < -0.3 is 9.67 Å². The van der Waals surface area contributed by atoms with Gasteiger partial charge in [0, 0.05) is 18.3 Å². The highest BCUT2D eigenvalue weighted by Gasteiger charge is 2.13. The van der Waals surface area contributed by atoms with E-state index in [1.807, 2.05) is 12.1 Å². The molecule has 5 heteroatoms. The van der Waals surface area contributed by atoms with Crippen molar-refractivity contribution in [2.75, 3.05) is 0 Å². The maximum atomic E-state index is 11.1. The molecule has 1 aromatic carbocycles. The molecule has 2 heterocycles. The molecule has 0 fully saturated rings. The van der Waals surface area contributed by atoms with Gasteiger partial charge >= 0.3 is 5.97 Å². The third-order valence-corrected chi connectivity index (χ3v) is 3.37. The first kappa shape index (κ1) is 13.3. The zero-order chi connectivity index (χ0) is 14.8. The molecule has 21 heavy (non-hydrogen) atoms. The molecule has 3 rings (SSSR count). The van der Waals surface area contributed by atoms with Gasteiger partial charge in [0.05, 0.1) is 17.3 Å². The van der Waals surface area contributed by atoms with Gasteiger partial charge in [-0.25, -0.2) is 9.78 Å². The summed E-state index contributed by atoms with van der Waals surface area (Å²) in [7, 11) is 0. The standard InChI is InChI=1S/C16H15N3O2/c1-2-8-19-14-6-7-17-10-13(14)18-15(19)11-4-3-5-12(9-11)16(20)21/h3-7,9-10H,2,8H2,1H3,(H,20,21). The third-order valence-electron chi connectivity index (χ3n) is 3.37. The molecule has 2 aromatic heterocycles. The molecule has 1 N–H and O–H groups in total. The molecule has 0 spiro atoms. The van der Waals surface area contributed by atoms with Crippen molar-refractivity contribution in [1.82, 2.24) is 14.5 Å². The van der Waals surface area contributed by atoms with Crippen molar-refractivity contribution in [2.24, 2.45) is 0 Å². The number of carboxylic acid groups (broad SMARTS) is 1. The molecular weight excluding hydrogens is 266 g/mol. The van der Waals surface area contributed by atoms with E-state index in [1.165, 1.54) is 0 Å². The summed E-state index contributed by atoms with van der Waals surface area (Å²) in [4.78, 5) is 19.8. The maximum absolute atomic E-state index is 11.1. The van der Waals surface area contributed by atoms with Crippen molar-refractivity contribution >= 4 is 17.0 Å². The van der Waals surface area contributed by atoms with Crippen molar-refractivity contribution < 1.29 is 9.90 Å². The monoisotopic (exact) mass is 281 g/mol. The molecule has 0 bridgehead atoms. The lowest BCUT2D eigenvalue weighted by Gasteiger charge is -2.08. The second kappa shape index (κ2) is 5.36. The van der Waals surface area contributed by atoms with Gasteiger partial charge in [-0.3, -0.25) is 4.98 Å². The number of carboxylic acids is 1. The number of imidazole rings is 1. The van der Waals surface area contributed by atoms with Crippen LogP contribution in [0.15, 0.2) is 42.7 Å². The summed E-state index contributed by atoms with van der Waals surface area (Å²) >= 11 is 0. The van der Waals surface area contributed by atoms with Crippen LogP contribution in [0.4, 0.5) is 0 Å². The molecule has 0 aliphatic carbocycles. The number of hydrogen-bond donors (Lipinski definition) is 1. The van der Waals surface area contributed by atoms with Gasteiger partial charge in [0.2, 0.25) is 0 Å². The van der Waals surface area contributed by atoms with E-state index in [-0.39, 0.29) is 5.56 Å². The number of pyridine rings is 1. The largest absolute Gasteiger partial charge is 0.478 e. The van der Waals surface area contributed by atoms with Crippen LogP contribution in [-0.2, 0) is 6.54 Å². The fraction of sp³-hybridized carbons (Fsp3) is 0.188. The third kappa shape index (κ3) is 2.38. The molecule has 0 atom stereocenters. The fourth-order valence-electron chi connectivity index (χ4n) is 2.44. The minimum absolute atomic E-state index is 0.265. The topological polar surface area (TPSA) is 68.0 Å². The van der Waals surface area contributed by atoms with Crippen LogP contribution in [0.5, 0.6) is 0 Å². The van der Waals surface area contributed by atoms with Crippen LogP contribution in [0.25, 0.3) is 22.4 Å². The smallest absolute Gasteiger partial charge is 0.335 e. The number of nitrogens with zero attached hydrogens (tertiary/aromatic N) is 3. The average molecular weight is 281 g/mol. The van der Waals surface area contributed by atoms with Gasteiger partial charge in [0.1, 0.15) is 11.3 Å². The molecule has 0 saturated heterocycles. The van der Waals surface area contributed by atoms with Crippen LogP contribution < -0.4 is 0 Å². The Morgan fingerprint density at radius 1 is 1.33 bits per heavy atom. The number of fused-ring (bicyclic) bond motifs is 1. The lowest BCUT2D eigenvalue weighted by Crippen LogP contribution is -2.01. The molecule has 3 aromatic rings. The Labute approximate surface area is 121 Å². The second-order valence-corrected chi connectivity index (χ2v) is 4.84. The second-order valence-electron chi connectivity index (χ2n) is 4.84. The summed E-state index contributed by atoms with van der Waals surface area (Å²) in [5, 5.41) is 9.13. The Balaban J connectivity index is 2.21. The summed E-state index contributed by atoms with van der Waals surface area (Å²) in [6.45, 7) is 2.93. The van der Waals surface area contributed by atoms with Crippen LogP contribution in [0.2, 0.25) is 0 Å². The van der Waals surface area contributed by atoms with Gasteiger partial charge in [0.15, 0.2) is 0 Å². The van der Waals surface area contributed by atoms with E-state index < -0.39 is 5.97 Å². The Morgan fingerprint density at radius 2 is 2.19 bits per heavy atom. The van der Waals surface area contributed by atoms with E-state index in [1.54, 1.807) is 30.6 Å². The first-order chi connectivity index (χ1) is 10.2. The first-order valence-electron chi connectivity index (χ1n) is 6.84. The fourth-order valence-corrected chi connectivity index (χ4v) is 2.44. The highest BCUT2D eigenvalue weighted by Crippen LogP contribution is 2.25. The zero-order valence-corrected chi connectivity index (χ0v) is 11.7. The first-order valence-corrected chi connectivity index (χ1v) is 6.84. The number of benzene rings is 1. The van der Waals surface area contributed by atoms with Gasteiger partial charge in [0.25, 0.3) is 0 Å². The van der Waals surface area contributed by atoms with Gasteiger partial charge in [-0.15, -0.1) is 0 Å². The van der Waals surface area contributed by atoms with E-state index in [0.29, 0.717) is 0 Å². The SMILES string of the molecule is CCCn1c(-c2cccc(C(=O)O)c2)nc2cnccc21. The number of aromatic carboxylic acids is 1. The lowest BCUT2D eigenvalue weighted by molar-refractivity contribution is 0.0697. The van der Waals surface area contributed by atoms with Crippen LogP contribution in [0.1, 0.15) is 23.7 Å². The van der Waals surface area contributed by atoms with Crippen LogP contribution in [-0.4, -0.2) is 25.6 Å². The molecular formula is C16H15N3O2. The Kier molecular flexibility index (Phi) is 3.39.